The first kappa shape index (κ1) is 16.4. The molecule has 0 aliphatic carbocycles. The number of benzene rings is 1. The molecule has 2 heterocycles. The normalized spacial score (nSPS) is 11.1. The zero-order valence-electron chi connectivity index (χ0n) is 12.7. The van der Waals surface area contributed by atoms with E-state index in [1.807, 2.05) is 0 Å². The Morgan fingerprint density at radius 2 is 2.28 bits per heavy atom. The molecule has 0 unspecified atom stereocenters. The van der Waals surface area contributed by atoms with Gasteiger partial charge in [-0.2, -0.15) is 9.78 Å². The molecular formula is C13H11ClN8O3. The fraction of sp³-hybridized carbons (Fsp3) is 0.0769. The molecule has 25 heavy (non-hydrogen) atoms. The van der Waals surface area contributed by atoms with E-state index >= 15 is 0 Å². The lowest BCUT2D eigenvalue weighted by Gasteiger charge is -2.03. The summed E-state index contributed by atoms with van der Waals surface area (Å²) in [5.74, 6) is -0.678. The van der Waals surface area contributed by atoms with Gasteiger partial charge in [0.2, 0.25) is 11.6 Å². The maximum Gasteiger partial charge on any atom is 0.292 e. The number of carbonyl (C=O) groups excluding carboxylic acids is 1. The molecule has 0 aliphatic rings. The number of nitrogens with zero attached hydrogens (tertiary/aromatic N) is 6. The highest BCUT2D eigenvalue weighted by Crippen LogP contribution is 2.19. The fourth-order valence-corrected chi connectivity index (χ4v) is 2.13. The van der Waals surface area contributed by atoms with Crippen molar-refractivity contribution in [3.8, 4) is 11.6 Å². The number of hydrazone groups is 1. The minimum Gasteiger partial charge on any atom is -0.507 e. The Hall–Kier alpha value is -3.47. The van der Waals surface area contributed by atoms with E-state index in [9.17, 15) is 9.90 Å². The number of nitrogen functional groups attached to an aromatic ring is 1. The Bertz CT molecular complexity index is 964. The highest BCUT2D eigenvalue weighted by Gasteiger charge is 2.22. The van der Waals surface area contributed by atoms with Crippen molar-refractivity contribution in [2.24, 2.45) is 5.10 Å². The summed E-state index contributed by atoms with van der Waals surface area (Å²) in [5.41, 5.74) is 8.60. The van der Waals surface area contributed by atoms with Gasteiger partial charge in [0.25, 0.3) is 5.91 Å². The number of rotatable bonds is 4. The molecule has 0 radical (unpaired) electrons. The molecule has 3 rings (SSSR count). The third-order valence-corrected chi connectivity index (χ3v) is 3.34. The van der Waals surface area contributed by atoms with Crippen LogP contribution in [0.3, 0.4) is 0 Å². The van der Waals surface area contributed by atoms with Crippen LogP contribution in [0.4, 0.5) is 5.82 Å². The lowest BCUT2D eigenvalue weighted by molar-refractivity contribution is 0.0946. The SMILES string of the molecule is Cc1nnn(-c2nonc2N)c1C(=O)N/N=C/c1cc(Cl)ccc1O. The Kier molecular flexibility index (Phi) is 4.31. The van der Waals surface area contributed by atoms with Gasteiger partial charge < -0.3 is 10.8 Å². The monoisotopic (exact) mass is 362 g/mol. The van der Waals surface area contributed by atoms with E-state index in [-0.39, 0.29) is 23.1 Å². The summed E-state index contributed by atoms with van der Waals surface area (Å²) in [7, 11) is 0. The smallest absolute Gasteiger partial charge is 0.292 e. The Labute approximate surface area is 145 Å². The summed E-state index contributed by atoms with van der Waals surface area (Å²) < 4.78 is 5.58. The Morgan fingerprint density at radius 1 is 1.48 bits per heavy atom. The van der Waals surface area contributed by atoms with Crippen molar-refractivity contribution in [3.05, 3.63) is 40.2 Å². The molecule has 11 nitrogen and oxygen atoms in total. The molecule has 4 N–H and O–H groups in total. The van der Waals surface area contributed by atoms with Crippen LogP contribution in [-0.4, -0.2) is 42.5 Å². The van der Waals surface area contributed by atoms with E-state index in [0.717, 1.165) is 4.68 Å². The summed E-state index contributed by atoms with van der Waals surface area (Å²) in [6, 6.07) is 4.43. The topological polar surface area (TPSA) is 157 Å². The molecule has 2 aromatic heterocycles. The molecule has 3 aromatic rings. The highest BCUT2D eigenvalue weighted by molar-refractivity contribution is 6.30. The number of hydrogen-bond acceptors (Lipinski definition) is 9. The third kappa shape index (κ3) is 3.26. The number of carbonyl (C=O) groups is 1. The standard InChI is InChI=1S/C13H11ClN8O3/c1-6-10(22(21-17-6)12-11(15)19-25-20-12)13(24)18-16-5-7-4-8(14)2-3-9(7)23/h2-5,23H,1H3,(H2,15,19)(H,18,24)/b16-5+. The van der Waals surface area contributed by atoms with Crippen LogP contribution >= 0.6 is 11.6 Å². The van der Waals surface area contributed by atoms with Gasteiger partial charge in [-0.3, -0.25) is 4.79 Å². The first-order valence-electron chi connectivity index (χ1n) is 6.80. The quantitative estimate of drug-likeness (QED) is 0.451. The highest BCUT2D eigenvalue weighted by atomic mass is 35.5. The molecule has 0 atom stereocenters. The van der Waals surface area contributed by atoms with Gasteiger partial charge in [0.1, 0.15) is 5.75 Å². The average Bonchev–Trinajstić information content (AvgIpc) is 3.16. The summed E-state index contributed by atoms with van der Waals surface area (Å²) in [4.78, 5) is 12.4. The van der Waals surface area contributed by atoms with Gasteiger partial charge in [0.05, 0.1) is 11.9 Å². The second-order valence-corrected chi connectivity index (χ2v) is 5.25. The van der Waals surface area contributed by atoms with Crippen LogP contribution in [0.5, 0.6) is 5.75 Å². The van der Waals surface area contributed by atoms with Crippen LogP contribution in [0, 0.1) is 6.92 Å². The second-order valence-electron chi connectivity index (χ2n) is 4.81. The van der Waals surface area contributed by atoms with Gasteiger partial charge in [0.15, 0.2) is 5.69 Å². The van der Waals surface area contributed by atoms with Crippen molar-refractivity contribution >= 4 is 29.5 Å². The van der Waals surface area contributed by atoms with Crippen molar-refractivity contribution in [3.63, 3.8) is 0 Å². The van der Waals surface area contributed by atoms with Gasteiger partial charge in [-0.05, 0) is 35.4 Å². The number of amides is 1. The van der Waals surface area contributed by atoms with Gasteiger partial charge in [0, 0.05) is 10.6 Å². The number of phenols is 1. The summed E-state index contributed by atoms with van der Waals surface area (Å²) in [6.45, 7) is 1.58. The van der Waals surface area contributed by atoms with Gasteiger partial charge >= 0.3 is 0 Å². The number of nitrogens with one attached hydrogen (secondary N) is 1. The number of nitrogens with two attached hydrogens (primary N) is 1. The molecule has 0 saturated carbocycles. The number of aryl methyl sites for hydroxylation is 1. The molecule has 128 valence electrons. The number of aromatic nitrogens is 5. The van der Waals surface area contributed by atoms with Gasteiger partial charge in [-0.15, -0.1) is 5.10 Å². The van der Waals surface area contributed by atoms with Gasteiger partial charge in [-0.25, -0.2) is 10.1 Å². The number of aromatic hydroxyl groups is 1. The molecule has 0 saturated heterocycles. The van der Waals surface area contributed by atoms with Crippen molar-refractivity contribution in [2.75, 3.05) is 5.73 Å². The van der Waals surface area contributed by atoms with E-state index in [4.69, 9.17) is 17.3 Å². The molecule has 12 heteroatoms. The predicted molar refractivity (Wildman–Crippen MR) is 86.5 cm³/mol. The van der Waals surface area contributed by atoms with Crippen LogP contribution < -0.4 is 11.2 Å². The summed E-state index contributed by atoms with van der Waals surface area (Å²) >= 11 is 5.84. The maximum atomic E-state index is 12.4. The molecule has 0 spiro atoms. The fourth-order valence-electron chi connectivity index (χ4n) is 1.95. The Morgan fingerprint density at radius 3 is 3.00 bits per heavy atom. The number of phenolic OH excluding ortho intramolecular Hbond substituents is 1. The largest absolute Gasteiger partial charge is 0.507 e. The zero-order chi connectivity index (χ0) is 18.0. The molecule has 0 bridgehead atoms. The summed E-state index contributed by atoms with van der Waals surface area (Å²) in [6.07, 6.45) is 1.24. The maximum absolute atomic E-state index is 12.4. The van der Waals surface area contributed by atoms with Crippen molar-refractivity contribution in [1.82, 2.24) is 30.7 Å². The molecule has 0 fully saturated rings. The lowest BCUT2D eigenvalue weighted by Crippen LogP contribution is -2.22. The summed E-state index contributed by atoms with van der Waals surface area (Å²) in [5, 5.41) is 28.5. The first-order chi connectivity index (χ1) is 12.0. The minimum atomic E-state index is -0.623. The van der Waals surface area contributed by atoms with Gasteiger partial charge in [-0.1, -0.05) is 16.8 Å². The zero-order valence-corrected chi connectivity index (χ0v) is 13.5. The van der Waals surface area contributed by atoms with Crippen LogP contribution in [-0.2, 0) is 0 Å². The lowest BCUT2D eigenvalue weighted by atomic mass is 10.2. The number of hydrogen-bond donors (Lipinski definition) is 3. The van der Waals surface area contributed by atoms with Crippen molar-refractivity contribution < 1.29 is 14.5 Å². The van der Waals surface area contributed by atoms with Crippen LogP contribution in [0.15, 0.2) is 27.9 Å². The van der Waals surface area contributed by atoms with E-state index in [1.165, 1.54) is 24.4 Å². The van der Waals surface area contributed by atoms with Crippen LogP contribution in [0.25, 0.3) is 5.82 Å². The van der Waals surface area contributed by atoms with E-state index in [2.05, 4.69) is 35.8 Å². The minimum absolute atomic E-state index is 0.0298. The van der Waals surface area contributed by atoms with Crippen LogP contribution in [0.2, 0.25) is 5.02 Å². The molecule has 0 aliphatic heterocycles. The van der Waals surface area contributed by atoms with E-state index in [0.29, 0.717) is 16.3 Å². The van der Waals surface area contributed by atoms with Crippen molar-refractivity contribution in [2.45, 2.75) is 6.92 Å². The van der Waals surface area contributed by atoms with E-state index < -0.39 is 5.91 Å². The Balaban J connectivity index is 1.83. The third-order valence-electron chi connectivity index (χ3n) is 3.11. The molecular weight excluding hydrogens is 352 g/mol. The van der Waals surface area contributed by atoms with E-state index in [1.54, 1.807) is 6.92 Å². The number of halogens is 1. The molecule has 1 amide bonds. The number of anilines is 1. The predicted octanol–water partition coefficient (Wildman–Crippen LogP) is 0.664. The average molecular weight is 363 g/mol. The molecule has 1 aromatic carbocycles. The first-order valence-corrected chi connectivity index (χ1v) is 7.18. The second kappa shape index (κ2) is 6.57. The van der Waals surface area contributed by atoms with Crippen molar-refractivity contribution in [1.29, 1.82) is 0 Å². The van der Waals surface area contributed by atoms with Crippen LogP contribution in [0.1, 0.15) is 21.7 Å².